The molecule has 2 heterocycles. The lowest BCUT2D eigenvalue weighted by Crippen LogP contribution is -2.26. The maximum Gasteiger partial charge on any atom is 0.249 e. The summed E-state index contributed by atoms with van der Waals surface area (Å²) in [5.74, 6) is 0.277. The van der Waals surface area contributed by atoms with Crippen molar-refractivity contribution in [3.63, 3.8) is 0 Å². The normalized spacial score (nSPS) is 12.2. The van der Waals surface area contributed by atoms with E-state index in [1.165, 1.54) is 23.1 Å². The van der Waals surface area contributed by atoms with Crippen LogP contribution in [-0.4, -0.2) is 21.0 Å². The summed E-state index contributed by atoms with van der Waals surface area (Å²) in [5, 5.41) is 7.99. The van der Waals surface area contributed by atoms with Crippen molar-refractivity contribution in [3.05, 3.63) is 72.0 Å². The largest absolute Gasteiger partial charge is 0.361 e. The Morgan fingerprint density at radius 2 is 2.00 bits per heavy atom. The molecule has 6 nitrogen and oxygen atoms in total. The smallest absolute Gasteiger partial charge is 0.249 e. The van der Waals surface area contributed by atoms with Gasteiger partial charge in [-0.15, -0.1) is 0 Å². The van der Waals surface area contributed by atoms with Crippen molar-refractivity contribution in [2.24, 2.45) is 0 Å². The van der Waals surface area contributed by atoms with Crippen molar-refractivity contribution >= 4 is 16.8 Å². The Hall–Kier alpha value is -3.48. The Labute approximate surface area is 167 Å². The molecule has 2 N–H and O–H groups in total. The van der Waals surface area contributed by atoms with Crippen LogP contribution in [0.3, 0.4) is 0 Å². The maximum atomic E-state index is 13.0. The Morgan fingerprint density at radius 3 is 2.83 bits per heavy atom. The predicted octanol–water partition coefficient (Wildman–Crippen LogP) is 4.56. The third-order valence-corrected chi connectivity index (χ3v) is 4.82. The molecule has 1 amide bonds. The van der Waals surface area contributed by atoms with Crippen molar-refractivity contribution in [1.82, 2.24) is 20.4 Å². The zero-order chi connectivity index (χ0) is 20.2. The van der Waals surface area contributed by atoms with Crippen LogP contribution >= 0.6 is 0 Å². The number of aromatic amines is 1. The average Bonchev–Trinajstić information content (AvgIpc) is 3.36. The van der Waals surface area contributed by atoms with Crippen LogP contribution in [0.1, 0.15) is 37.3 Å². The van der Waals surface area contributed by atoms with E-state index in [0.717, 1.165) is 18.4 Å². The van der Waals surface area contributed by atoms with Gasteiger partial charge >= 0.3 is 0 Å². The van der Waals surface area contributed by atoms with Gasteiger partial charge in [-0.1, -0.05) is 23.4 Å². The molecule has 0 saturated carbocycles. The molecule has 0 spiro atoms. The van der Waals surface area contributed by atoms with E-state index >= 15 is 0 Å². The minimum absolute atomic E-state index is 0.0705. The van der Waals surface area contributed by atoms with Gasteiger partial charge in [0.1, 0.15) is 11.9 Å². The Bertz CT molecular complexity index is 1120. The number of para-hydroxylation sites is 1. The second-order valence-corrected chi connectivity index (χ2v) is 6.97. The van der Waals surface area contributed by atoms with E-state index in [4.69, 9.17) is 4.52 Å². The van der Waals surface area contributed by atoms with Crippen LogP contribution in [0.15, 0.2) is 59.3 Å². The number of aromatic nitrogens is 3. The molecule has 1 atom stereocenters. The number of rotatable bonds is 7. The second-order valence-electron chi connectivity index (χ2n) is 6.97. The SMILES string of the molecule is CC(NC(=O)CCCc1c[nH]c2ccccc12)c1nc(-c2ccc(F)cc2)no1. The zero-order valence-corrected chi connectivity index (χ0v) is 16.0. The first kappa shape index (κ1) is 18.9. The van der Waals surface area contributed by atoms with Crippen molar-refractivity contribution in [2.45, 2.75) is 32.2 Å². The number of H-pyrrole nitrogens is 1. The predicted molar refractivity (Wildman–Crippen MR) is 107 cm³/mol. The van der Waals surface area contributed by atoms with Crippen molar-refractivity contribution in [1.29, 1.82) is 0 Å². The first-order valence-corrected chi connectivity index (χ1v) is 9.54. The number of carbonyl (C=O) groups excluding carboxylic acids is 1. The monoisotopic (exact) mass is 392 g/mol. The number of benzene rings is 2. The van der Waals surface area contributed by atoms with Gasteiger partial charge in [-0.3, -0.25) is 4.79 Å². The highest BCUT2D eigenvalue weighted by Crippen LogP contribution is 2.21. The van der Waals surface area contributed by atoms with E-state index in [9.17, 15) is 9.18 Å². The van der Waals surface area contributed by atoms with Crippen LogP contribution in [0.5, 0.6) is 0 Å². The Kier molecular flexibility index (Phi) is 5.37. The zero-order valence-electron chi connectivity index (χ0n) is 16.0. The van der Waals surface area contributed by atoms with E-state index in [1.807, 2.05) is 24.4 Å². The molecule has 0 radical (unpaired) electrons. The van der Waals surface area contributed by atoms with Crippen molar-refractivity contribution < 1.29 is 13.7 Å². The number of hydrogen-bond donors (Lipinski definition) is 2. The van der Waals surface area contributed by atoms with Gasteiger partial charge in [0.25, 0.3) is 0 Å². The number of aryl methyl sites for hydroxylation is 1. The molecule has 4 aromatic rings. The number of fused-ring (bicyclic) bond motifs is 1. The van der Waals surface area contributed by atoms with Gasteiger partial charge in [0.05, 0.1) is 0 Å². The highest BCUT2D eigenvalue weighted by atomic mass is 19.1. The van der Waals surface area contributed by atoms with Crippen LogP contribution in [0.4, 0.5) is 4.39 Å². The Balaban J connectivity index is 1.30. The summed E-state index contributed by atoms with van der Waals surface area (Å²) in [5.41, 5.74) is 2.97. The summed E-state index contributed by atoms with van der Waals surface area (Å²) in [6.07, 6.45) is 3.97. The molecule has 0 saturated heterocycles. The molecule has 2 aromatic heterocycles. The first-order chi connectivity index (χ1) is 14.1. The highest BCUT2D eigenvalue weighted by molar-refractivity contribution is 5.83. The highest BCUT2D eigenvalue weighted by Gasteiger charge is 2.17. The summed E-state index contributed by atoms with van der Waals surface area (Å²) in [6.45, 7) is 1.79. The number of amides is 1. The van der Waals surface area contributed by atoms with Crippen LogP contribution in [0, 0.1) is 5.82 Å². The van der Waals surface area contributed by atoms with Crippen molar-refractivity contribution in [2.75, 3.05) is 0 Å². The van der Waals surface area contributed by atoms with E-state index in [2.05, 4.69) is 26.5 Å². The quantitative estimate of drug-likeness (QED) is 0.483. The first-order valence-electron chi connectivity index (χ1n) is 9.54. The molecular weight excluding hydrogens is 371 g/mol. The number of hydrogen-bond acceptors (Lipinski definition) is 4. The summed E-state index contributed by atoms with van der Waals surface area (Å²) in [4.78, 5) is 19.8. The van der Waals surface area contributed by atoms with E-state index < -0.39 is 6.04 Å². The van der Waals surface area contributed by atoms with Gasteiger partial charge in [-0.05, 0) is 55.7 Å². The fourth-order valence-corrected chi connectivity index (χ4v) is 3.28. The minimum atomic E-state index is -0.405. The molecule has 148 valence electrons. The molecular formula is C22H21FN4O2. The Morgan fingerprint density at radius 1 is 1.21 bits per heavy atom. The lowest BCUT2D eigenvalue weighted by Gasteiger charge is -2.09. The molecule has 0 bridgehead atoms. The molecule has 4 rings (SSSR count). The second kappa shape index (κ2) is 8.26. The summed E-state index contributed by atoms with van der Waals surface area (Å²) >= 11 is 0. The van der Waals surface area contributed by atoms with Gasteiger partial charge < -0.3 is 14.8 Å². The molecule has 7 heteroatoms. The van der Waals surface area contributed by atoms with E-state index in [0.29, 0.717) is 23.7 Å². The van der Waals surface area contributed by atoms with Crippen LogP contribution in [-0.2, 0) is 11.2 Å². The van der Waals surface area contributed by atoms with Gasteiger partial charge in [0.15, 0.2) is 0 Å². The molecule has 1 unspecified atom stereocenters. The number of halogens is 1. The molecule has 0 fully saturated rings. The van der Waals surface area contributed by atoms with Crippen molar-refractivity contribution in [3.8, 4) is 11.4 Å². The topological polar surface area (TPSA) is 83.8 Å². The standard InChI is InChI=1S/C22H21FN4O2/c1-14(22-26-21(27-29-22)15-9-11-17(23)12-10-15)25-20(28)8-4-5-16-13-24-19-7-3-2-6-18(16)19/h2-3,6-7,9-14,24H,4-5,8H2,1H3,(H,25,28). The molecule has 2 aromatic carbocycles. The van der Waals surface area contributed by atoms with Gasteiger partial charge in [0.2, 0.25) is 17.6 Å². The fraction of sp³-hybridized carbons (Fsp3) is 0.227. The molecule has 29 heavy (non-hydrogen) atoms. The third-order valence-electron chi connectivity index (χ3n) is 4.82. The lowest BCUT2D eigenvalue weighted by molar-refractivity contribution is -0.122. The fourth-order valence-electron chi connectivity index (χ4n) is 3.28. The van der Waals surface area contributed by atoms with Crippen LogP contribution in [0.2, 0.25) is 0 Å². The third kappa shape index (κ3) is 4.34. The van der Waals surface area contributed by atoms with E-state index in [1.54, 1.807) is 19.1 Å². The van der Waals surface area contributed by atoms with Gasteiger partial charge in [-0.25, -0.2) is 4.39 Å². The van der Waals surface area contributed by atoms with Crippen LogP contribution in [0.25, 0.3) is 22.3 Å². The number of nitrogens with one attached hydrogen (secondary N) is 2. The maximum absolute atomic E-state index is 13.0. The summed E-state index contributed by atoms with van der Waals surface area (Å²) in [7, 11) is 0. The average molecular weight is 392 g/mol. The summed E-state index contributed by atoms with van der Waals surface area (Å²) in [6, 6.07) is 13.6. The van der Waals surface area contributed by atoms with Gasteiger partial charge in [0, 0.05) is 29.1 Å². The summed E-state index contributed by atoms with van der Waals surface area (Å²) < 4.78 is 18.3. The number of nitrogens with zero attached hydrogens (tertiary/aromatic N) is 2. The van der Waals surface area contributed by atoms with Crippen LogP contribution < -0.4 is 5.32 Å². The van der Waals surface area contributed by atoms with Gasteiger partial charge in [-0.2, -0.15) is 4.98 Å². The molecule has 0 aliphatic rings. The minimum Gasteiger partial charge on any atom is -0.361 e. The lowest BCUT2D eigenvalue weighted by atomic mass is 10.1. The number of carbonyl (C=O) groups is 1. The molecule has 0 aliphatic heterocycles. The molecule has 0 aliphatic carbocycles. The van der Waals surface area contributed by atoms with E-state index in [-0.39, 0.29) is 11.7 Å².